The molecule has 3 heteroatoms. The first kappa shape index (κ1) is 13.3. The number of rotatable bonds is 4. The Labute approximate surface area is 116 Å². The molecule has 0 aromatic carbocycles. The third kappa shape index (κ3) is 3.23. The van der Waals surface area contributed by atoms with Crippen molar-refractivity contribution in [1.82, 2.24) is 5.32 Å². The first-order valence-electron chi connectivity index (χ1n) is 7.83. The van der Waals surface area contributed by atoms with Crippen molar-refractivity contribution >= 4 is 11.8 Å². The van der Waals surface area contributed by atoms with Crippen LogP contribution in [0.4, 0.5) is 0 Å². The highest BCUT2D eigenvalue weighted by Gasteiger charge is 2.40. The number of hydrogen-bond donors (Lipinski definition) is 1. The van der Waals surface area contributed by atoms with Crippen molar-refractivity contribution in [2.75, 3.05) is 24.6 Å². The maximum Gasteiger partial charge on any atom is 0.0708 e. The van der Waals surface area contributed by atoms with E-state index in [1.54, 1.807) is 0 Å². The molecule has 0 bridgehead atoms. The minimum Gasteiger partial charge on any atom is -0.370 e. The van der Waals surface area contributed by atoms with Crippen LogP contribution in [0.5, 0.6) is 0 Å². The van der Waals surface area contributed by atoms with Gasteiger partial charge in [-0.1, -0.05) is 19.3 Å². The summed E-state index contributed by atoms with van der Waals surface area (Å²) in [6.45, 7) is 2.29. The minimum atomic E-state index is 0.299. The summed E-state index contributed by atoms with van der Waals surface area (Å²) in [5.74, 6) is 3.65. The van der Waals surface area contributed by atoms with E-state index >= 15 is 0 Å². The van der Waals surface area contributed by atoms with E-state index in [1.165, 1.54) is 69.4 Å². The van der Waals surface area contributed by atoms with Gasteiger partial charge in [0.2, 0.25) is 0 Å². The van der Waals surface area contributed by atoms with Crippen molar-refractivity contribution in [1.29, 1.82) is 0 Å². The Morgan fingerprint density at radius 2 is 1.94 bits per heavy atom. The largest absolute Gasteiger partial charge is 0.370 e. The molecular formula is C15H27NOS. The molecule has 0 amide bonds. The third-order valence-electron chi connectivity index (χ3n) is 4.93. The molecule has 0 radical (unpaired) electrons. The number of thioether (sulfide) groups is 1. The maximum atomic E-state index is 6.39. The third-order valence-corrected chi connectivity index (χ3v) is 6.16. The van der Waals surface area contributed by atoms with Crippen molar-refractivity contribution in [3.05, 3.63) is 0 Å². The average molecular weight is 269 g/mol. The Morgan fingerprint density at radius 1 is 1.06 bits per heavy atom. The lowest BCUT2D eigenvalue weighted by Gasteiger charge is -2.33. The molecule has 2 heterocycles. The quantitative estimate of drug-likeness (QED) is 0.847. The van der Waals surface area contributed by atoms with Crippen molar-refractivity contribution in [2.24, 2.45) is 5.92 Å². The smallest absolute Gasteiger partial charge is 0.0708 e. The zero-order valence-corrected chi connectivity index (χ0v) is 12.3. The standard InChI is InChI=1S/C15H27NOS/c1-2-6-15(7-3-1)8-4-14(17-15)11-16-10-13-5-9-18-12-13/h13-14,16H,1-12H2. The average Bonchev–Trinajstić information content (AvgIpc) is 3.02. The Morgan fingerprint density at radius 3 is 2.72 bits per heavy atom. The van der Waals surface area contributed by atoms with Gasteiger partial charge < -0.3 is 10.1 Å². The molecule has 1 spiro atoms. The summed E-state index contributed by atoms with van der Waals surface area (Å²) in [5, 5.41) is 3.65. The predicted molar refractivity (Wildman–Crippen MR) is 78.2 cm³/mol. The van der Waals surface area contributed by atoms with E-state index in [0.29, 0.717) is 11.7 Å². The van der Waals surface area contributed by atoms with Gasteiger partial charge >= 0.3 is 0 Å². The topological polar surface area (TPSA) is 21.3 Å². The van der Waals surface area contributed by atoms with Gasteiger partial charge in [0.1, 0.15) is 0 Å². The van der Waals surface area contributed by atoms with Crippen LogP contribution in [0.3, 0.4) is 0 Å². The van der Waals surface area contributed by atoms with Crippen LogP contribution in [-0.4, -0.2) is 36.3 Å². The Kier molecular flexibility index (Phi) is 4.53. The molecule has 2 saturated heterocycles. The Hall–Kier alpha value is 0.270. The molecule has 1 aliphatic carbocycles. The second-order valence-electron chi connectivity index (χ2n) is 6.41. The molecule has 18 heavy (non-hydrogen) atoms. The molecule has 104 valence electrons. The second kappa shape index (κ2) is 6.15. The van der Waals surface area contributed by atoms with E-state index in [2.05, 4.69) is 17.1 Å². The van der Waals surface area contributed by atoms with Gasteiger partial charge in [-0.15, -0.1) is 0 Å². The van der Waals surface area contributed by atoms with Gasteiger partial charge in [0.05, 0.1) is 11.7 Å². The summed E-state index contributed by atoms with van der Waals surface area (Å²) in [4.78, 5) is 0. The summed E-state index contributed by atoms with van der Waals surface area (Å²) in [7, 11) is 0. The van der Waals surface area contributed by atoms with Gasteiger partial charge in [-0.3, -0.25) is 0 Å². The summed E-state index contributed by atoms with van der Waals surface area (Å²) >= 11 is 2.11. The van der Waals surface area contributed by atoms with Gasteiger partial charge in [0.25, 0.3) is 0 Å². The molecular weight excluding hydrogens is 242 g/mol. The number of ether oxygens (including phenoxy) is 1. The van der Waals surface area contributed by atoms with Crippen LogP contribution in [0.25, 0.3) is 0 Å². The molecule has 2 nitrogen and oxygen atoms in total. The molecule has 3 aliphatic rings. The van der Waals surface area contributed by atoms with E-state index in [-0.39, 0.29) is 0 Å². The monoisotopic (exact) mass is 269 g/mol. The first-order valence-corrected chi connectivity index (χ1v) is 8.98. The molecule has 0 aromatic heterocycles. The van der Waals surface area contributed by atoms with E-state index in [9.17, 15) is 0 Å². The van der Waals surface area contributed by atoms with Crippen molar-refractivity contribution in [2.45, 2.75) is 63.1 Å². The highest BCUT2D eigenvalue weighted by Crippen LogP contribution is 2.41. The minimum absolute atomic E-state index is 0.299. The number of hydrogen-bond acceptors (Lipinski definition) is 3. The van der Waals surface area contributed by atoms with Gasteiger partial charge in [-0.05, 0) is 56.1 Å². The van der Waals surface area contributed by atoms with Crippen LogP contribution in [-0.2, 0) is 4.74 Å². The van der Waals surface area contributed by atoms with Crippen LogP contribution in [0.15, 0.2) is 0 Å². The Bertz CT molecular complexity index is 259. The van der Waals surface area contributed by atoms with Gasteiger partial charge in [0.15, 0.2) is 0 Å². The Balaban J connectivity index is 1.36. The summed E-state index contributed by atoms with van der Waals surface area (Å²) in [6.07, 6.45) is 11.4. The highest BCUT2D eigenvalue weighted by atomic mass is 32.2. The zero-order valence-electron chi connectivity index (χ0n) is 11.5. The van der Waals surface area contributed by atoms with Crippen molar-refractivity contribution in [3.8, 4) is 0 Å². The normalized spacial score (nSPS) is 35.3. The SMILES string of the molecule is C1CCC2(CC1)CCC(CNCC1CCSC1)O2. The molecule has 1 saturated carbocycles. The van der Waals surface area contributed by atoms with Crippen LogP contribution in [0.1, 0.15) is 51.4 Å². The molecule has 3 rings (SSSR count). The molecule has 3 fully saturated rings. The zero-order chi connectivity index (χ0) is 12.3. The van der Waals surface area contributed by atoms with Crippen molar-refractivity contribution < 1.29 is 4.74 Å². The predicted octanol–water partition coefficient (Wildman–Crippen LogP) is 3.21. The molecule has 2 aliphatic heterocycles. The fourth-order valence-corrected chi connectivity index (χ4v) is 5.08. The first-order chi connectivity index (χ1) is 8.86. The van der Waals surface area contributed by atoms with E-state index in [4.69, 9.17) is 4.74 Å². The van der Waals surface area contributed by atoms with E-state index in [0.717, 1.165) is 12.5 Å². The lowest BCUT2D eigenvalue weighted by atomic mass is 9.83. The summed E-state index contributed by atoms with van der Waals surface area (Å²) < 4.78 is 6.39. The fourth-order valence-electron chi connectivity index (χ4n) is 3.80. The molecule has 0 aromatic rings. The fraction of sp³-hybridized carbons (Fsp3) is 1.00. The molecule has 2 atom stereocenters. The summed E-state index contributed by atoms with van der Waals surface area (Å²) in [6, 6.07) is 0. The lowest BCUT2D eigenvalue weighted by Crippen LogP contribution is -2.35. The van der Waals surface area contributed by atoms with Crippen LogP contribution >= 0.6 is 11.8 Å². The molecule has 2 unspecified atom stereocenters. The van der Waals surface area contributed by atoms with E-state index < -0.39 is 0 Å². The van der Waals surface area contributed by atoms with E-state index in [1.807, 2.05) is 0 Å². The van der Waals surface area contributed by atoms with Gasteiger partial charge in [-0.2, -0.15) is 11.8 Å². The summed E-state index contributed by atoms with van der Waals surface area (Å²) in [5.41, 5.74) is 0.299. The van der Waals surface area contributed by atoms with Crippen LogP contribution < -0.4 is 5.32 Å². The lowest BCUT2D eigenvalue weighted by molar-refractivity contribution is -0.0624. The maximum absolute atomic E-state index is 6.39. The van der Waals surface area contributed by atoms with Crippen LogP contribution in [0, 0.1) is 5.92 Å². The molecule has 1 N–H and O–H groups in total. The second-order valence-corrected chi connectivity index (χ2v) is 7.56. The van der Waals surface area contributed by atoms with Crippen molar-refractivity contribution in [3.63, 3.8) is 0 Å². The highest BCUT2D eigenvalue weighted by molar-refractivity contribution is 7.99. The number of nitrogens with one attached hydrogen (secondary N) is 1. The van der Waals surface area contributed by atoms with Gasteiger partial charge in [0, 0.05) is 6.54 Å². The van der Waals surface area contributed by atoms with Crippen LogP contribution in [0.2, 0.25) is 0 Å². The van der Waals surface area contributed by atoms with Gasteiger partial charge in [-0.25, -0.2) is 0 Å².